The number of rotatable bonds is 5. The summed E-state index contributed by atoms with van der Waals surface area (Å²) in [5.41, 5.74) is 0. The fourth-order valence-corrected chi connectivity index (χ4v) is 4.13. The lowest BCUT2D eigenvalue weighted by Crippen LogP contribution is -2.40. The van der Waals surface area contributed by atoms with Crippen molar-refractivity contribution in [2.75, 3.05) is 13.1 Å². The smallest absolute Gasteiger partial charge is 0.303 e. The van der Waals surface area contributed by atoms with Crippen molar-refractivity contribution in [1.82, 2.24) is 4.31 Å². The minimum Gasteiger partial charge on any atom is -0.481 e. The Kier molecular flexibility index (Phi) is 4.77. The summed E-state index contributed by atoms with van der Waals surface area (Å²) in [4.78, 5) is 10.9. The average Bonchev–Trinajstić information content (AvgIpc) is 2.46. The molecule has 2 rings (SSSR count). The number of hydrogen-bond donors (Lipinski definition) is 1. The Balaban J connectivity index is 2.07. The number of benzene rings is 1. The number of sulfonamides is 1. The van der Waals surface area contributed by atoms with Gasteiger partial charge in [0.1, 0.15) is 0 Å². The number of aliphatic carboxylic acids is 1. The Bertz CT molecular complexity index is 556. The number of carboxylic acid groups (broad SMARTS) is 1. The lowest BCUT2D eigenvalue weighted by Gasteiger charge is -2.31. The molecule has 1 unspecified atom stereocenters. The van der Waals surface area contributed by atoms with E-state index in [0.717, 1.165) is 12.8 Å². The summed E-state index contributed by atoms with van der Waals surface area (Å²) in [6.07, 6.45) is 2.32. The largest absolute Gasteiger partial charge is 0.481 e. The van der Waals surface area contributed by atoms with E-state index in [4.69, 9.17) is 5.11 Å². The Morgan fingerprint density at radius 3 is 2.65 bits per heavy atom. The molecule has 110 valence electrons. The van der Waals surface area contributed by atoms with Crippen LogP contribution in [0.4, 0.5) is 0 Å². The van der Waals surface area contributed by atoms with E-state index < -0.39 is 16.0 Å². The molecule has 0 spiro atoms. The molecule has 6 heteroatoms. The van der Waals surface area contributed by atoms with Crippen LogP contribution in [0.3, 0.4) is 0 Å². The van der Waals surface area contributed by atoms with Crippen LogP contribution in [0, 0.1) is 5.92 Å². The van der Waals surface area contributed by atoms with E-state index in [1.54, 1.807) is 30.3 Å². The van der Waals surface area contributed by atoms with Crippen molar-refractivity contribution in [3.63, 3.8) is 0 Å². The zero-order valence-corrected chi connectivity index (χ0v) is 12.1. The van der Waals surface area contributed by atoms with Crippen molar-refractivity contribution in [3.8, 4) is 0 Å². The normalized spacial score (nSPS) is 20.7. The Morgan fingerprint density at radius 1 is 1.30 bits per heavy atom. The van der Waals surface area contributed by atoms with Crippen LogP contribution in [0.25, 0.3) is 0 Å². The molecule has 0 aliphatic carbocycles. The second-order valence-electron chi connectivity index (χ2n) is 5.12. The molecule has 0 aromatic heterocycles. The molecule has 0 saturated carbocycles. The second-order valence-corrected chi connectivity index (χ2v) is 7.05. The molecule has 1 aliphatic rings. The number of hydrogen-bond acceptors (Lipinski definition) is 3. The number of carbonyl (C=O) groups is 1. The predicted molar refractivity (Wildman–Crippen MR) is 74.8 cm³/mol. The lowest BCUT2D eigenvalue weighted by molar-refractivity contribution is -0.137. The minimum atomic E-state index is -3.45. The van der Waals surface area contributed by atoms with Crippen LogP contribution < -0.4 is 0 Å². The van der Waals surface area contributed by atoms with Crippen molar-refractivity contribution in [2.45, 2.75) is 30.6 Å². The van der Waals surface area contributed by atoms with Gasteiger partial charge in [0.2, 0.25) is 10.0 Å². The molecule has 5 nitrogen and oxygen atoms in total. The quantitative estimate of drug-likeness (QED) is 0.901. The van der Waals surface area contributed by atoms with Crippen molar-refractivity contribution in [3.05, 3.63) is 30.3 Å². The Hall–Kier alpha value is -1.40. The maximum atomic E-state index is 12.5. The van der Waals surface area contributed by atoms with Gasteiger partial charge in [0.15, 0.2) is 0 Å². The highest BCUT2D eigenvalue weighted by atomic mass is 32.2. The SMILES string of the molecule is O=C(O)CCC1CCCN(S(=O)(=O)c2ccccc2)C1. The first-order valence-corrected chi connectivity index (χ1v) is 8.21. The summed E-state index contributed by atoms with van der Waals surface area (Å²) in [5.74, 6) is -0.689. The fourth-order valence-electron chi connectivity index (χ4n) is 2.55. The van der Waals surface area contributed by atoms with Crippen molar-refractivity contribution in [2.24, 2.45) is 5.92 Å². The van der Waals surface area contributed by atoms with Gasteiger partial charge in [-0.1, -0.05) is 18.2 Å². The van der Waals surface area contributed by atoms with Gasteiger partial charge in [0.25, 0.3) is 0 Å². The molecule has 1 aliphatic heterocycles. The first kappa shape index (κ1) is 15.0. The molecule has 1 N–H and O–H groups in total. The van der Waals surface area contributed by atoms with Crippen LogP contribution in [0.15, 0.2) is 35.2 Å². The molecule has 1 aromatic carbocycles. The van der Waals surface area contributed by atoms with Crippen LogP contribution in [-0.2, 0) is 14.8 Å². The van der Waals surface area contributed by atoms with E-state index in [1.165, 1.54) is 4.31 Å². The monoisotopic (exact) mass is 297 g/mol. The van der Waals surface area contributed by atoms with Gasteiger partial charge >= 0.3 is 5.97 Å². The van der Waals surface area contributed by atoms with Crippen molar-refractivity contribution >= 4 is 16.0 Å². The topological polar surface area (TPSA) is 74.7 Å². The number of nitrogens with zero attached hydrogens (tertiary/aromatic N) is 1. The van der Waals surface area contributed by atoms with Gasteiger partial charge in [-0.2, -0.15) is 4.31 Å². The molecule has 1 heterocycles. The van der Waals surface area contributed by atoms with E-state index in [1.807, 2.05) is 0 Å². The summed E-state index contributed by atoms with van der Waals surface area (Å²) in [5, 5.41) is 8.72. The third-order valence-electron chi connectivity index (χ3n) is 3.63. The molecule has 1 fully saturated rings. The summed E-state index contributed by atoms with van der Waals surface area (Å²) < 4.78 is 26.4. The number of piperidine rings is 1. The molecule has 0 amide bonds. The average molecular weight is 297 g/mol. The summed E-state index contributed by atoms with van der Waals surface area (Å²) in [6, 6.07) is 8.38. The molecule has 1 atom stereocenters. The molecule has 0 radical (unpaired) electrons. The molecule has 0 bridgehead atoms. The predicted octanol–water partition coefficient (Wildman–Crippen LogP) is 1.95. The van der Waals surface area contributed by atoms with E-state index in [2.05, 4.69) is 0 Å². The van der Waals surface area contributed by atoms with Gasteiger partial charge < -0.3 is 5.11 Å². The lowest BCUT2D eigenvalue weighted by atomic mass is 9.95. The zero-order valence-electron chi connectivity index (χ0n) is 11.2. The van der Waals surface area contributed by atoms with Gasteiger partial charge in [-0.05, 0) is 37.3 Å². The third kappa shape index (κ3) is 3.58. The van der Waals surface area contributed by atoms with Crippen LogP contribution in [0.1, 0.15) is 25.7 Å². The number of carboxylic acids is 1. The Labute approximate surface area is 119 Å². The first-order chi connectivity index (χ1) is 9.50. The van der Waals surface area contributed by atoms with E-state index in [0.29, 0.717) is 24.4 Å². The van der Waals surface area contributed by atoms with Crippen molar-refractivity contribution < 1.29 is 18.3 Å². The first-order valence-electron chi connectivity index (χ1n) is 6.77. The van der Waals surface area contributed by atoms with Crippen LogP contribution in [-0.4, -0.2) is 36.9 Å². The highest BCUT2D eigenvalue weighted by Crippen LogP contribution is 2.26. The molecular weight excluding hydrogens is 278 g/mol. The van der Waals surface area contributed by atoms with Crippen LogP contribution in [0.5, 0.6) is 0 Å². The van der Waals surface area contributed by atoms with Gasteiger partial charge in [-0.25, -0.2) is 8.42 Å². The standard InChI is InChI=1S/C14H19NO4S/c16-14(17)9-8-12-5-4-10-15(11-12)20(18,19)13-6-2-1-3-7-13/h1-3,6-7,12H,4-5,8-11H2,(H,16,17). The van der Waals surface area contributed by atoms with Gasteiger partial charge in [-0.15, -0.1) is 0 Å². The highest BCUT2D eigenvalue weighted by molar-refractivity contribution is 7.89. The summed E-state index contributed by atoms with van der Waals surface area (Å²) in [6.45, 7) is 0.936. The molecule has 20 heavy (non-hydrogen) atoms. The Morgan fingerprint density at radius 2 is 2.00 bits per heavy atom. The third-order valence-corrected chi connectivity index (χ3v) is 5.51. The van der Waals surface area contributed by atoms with Crippen LogP contribution in [0.2, 0.25) is 0 Å². The highest BCUT2D eigenvalue weighted by Gasteiger charge is 2.30. The maximum Gasteiger partial charge on any atom is 0.303 e. The molecule has 1 saturated heterocycles. The van der Waals surface area contributed by atoms with Gasteiger partial charge in [0, 0.05) is 19.5 Å². The molecular formula is C14H19NO4S. The van der Waals surface area contributed by atoms with Gasteiger partial charge in [-0.3, -0.25) is 4.79 Å². The minimum absolute atomic E-state index is 0.101. The molecule has 1 aromatic rings. The summed E-state index contributed by atoms with van der Waals surface area (Å²) >= 11 is 0. The van der Waals surface area contributed by atoms with E-state index >= 15 is 0 Å². The second kappa shape index (κ2) is 6.37. The maximum absolute atomic E-state index is 12.5. The fraction of sp³-hybridized carbons (Fsp3) is 0.500. The van der Waals surface area contributed by atoms with Crippen molar-refractivity contribution in [1.29, 1.82) is 0 Å². The van der Waals surface area contributed by atoms with E-state index in [9.17, 15) is 13.2 Å². The summed E-state index contributed by atoms with van der Waals surface area (Å²) in [7, 11) is -3.45. The van der Waals surface area contributed by atoms with Gasteiger partial charge in [0.05, 0.1) is 4.90 Å². The van der Waals surface area contributed by atoms with Crippen LogP contribution >= 0.6 is 0 Å². The van der Waals surface area contributed by atoms with E-state index in [-0.39, 0.29) is 12.3 Å². The zero-order chi connectivity index (χ0) is 14.6.